The van der Waals surface area contributed by atoms with Crippen molar-refractivity contribution in [3.63, 3.8) is 0 Å². The molecule has 0 aliphatic carbocycles. The van der Waals surface area contributed by atoms with Crippen LogP contribution < -0.4 is 10.2 Å². The molecule has 158 valence electrons. The van der Waals surface area contributed by atoms with E-state index in [0.717, 1.165) is 12.1 Å². The maximum absolute atomic E-state index is 12.9. The van der Waals surface area contributed by atoms with Gasteiger partial charge in [-0.05, 0) is 60.5 Å². The molecule has 0 saturated carbocycles. The number of anilines is 2. The number of hydrogen-bond acceptors (Lipinski definition) is 3. The number of hydrogen-bond donors (Lipinski definition) is 1. The molecule has 0 unspecified atom stereocenters. The fourth-order valence-corrected chi connectivity index (χ4v) is 4.12. The molecule has 6 nitrogen and oxygen atoms in total. The summed E-state index contributed by atoms with van der Waals surface area (Å²) in [5, 5.41) is 3.13. The molecule has 1 aliphatic heterocycles. The normalized spacial score (nSPS) is 13.0. The summed E-state index contributed by atoms with van der Waals surface area (Å²) in [5.74, 6) is -0.352. The summed E-state index contributed by atoms with van der Waals surface area (Å²) in [6.45, 7) is 0.674. The number of nitrogens with zero attached hydrogens (tertiary/aromatic N) is 3. The van der Waals surface area contributed by atoms with Crippen molar-refractivity contribution in [3.8, 4) is 0 Å². The molecule has 1 N–H and O–H groups in total. The van der Waals surface area contributed by atoms with Crippen molar-refractivity contribution in [1.82, 2.24) is 9.38 Å². The molecule has 0 atom stereocenters. The third-order valence-electron chi connectivity index (χ3n) is 5.45. The van der Waals surface area contributed by atoms with Gasteiger partial charge in [0.1, 0.15) is 5.65 Å². The number of aromatic nitrogens is 2. The van der Waals surface area contributed by atoms with E-state index < -0.39 is 0 Å². The van der Waals surface area contributed by atoms with Crippen molar-refractivity contribution in [2.24, 2.45) is 0 Å². The average Bonchev–Trinajstić information content (AvgIpc) is 3.38. The highest BCUT2D eigenvalue weighted by Crippen LogP contribution is 2.29. The number of halogens is 1. The first-order valence-corrected chi connectivity index (χ1v) is 10.6. The van der Waals surface area contributed by atoms with Crippen molar-refractivity contribution in [3.05, 3.63) is 101 Å². The molecule has 4 aromatic rings. The number of carbonyl (C=O) groups excluding carboxylic acids is 2. The number of amides is 2. The summed E-state index contributed by atoms with van der Waals surface area (Å²) in [6.07, 6.45) is 5.72. The summed E-state index contributed by atoms with van der Waals surface area (Å²) in [5.41, 5.74) is 4.66. The Morgan fingerprint density at radius 3 is 2.62 bits per heavy atom. The van der Waals surface area contributed by atoms with Gasteiger partial charge in [0.25, 0.3) is 5.91 Å². The predicted octanol–water partition coefficient (Wildman–Crippen LogP) is 4.84. The molecule has 5 rings (SSSR count). The number of imidazole rings is 1. The van der Waals surface area contributed by atoms with Gasteiger partial charge in [-0.15, -0.1) is 0 Å². The molecule has 32 heavy (non-hydrogen) atoms. The Bertz CT molecular complexity index is 1360. The van der Waals surface area contributed by atoms with Crippen LogP contribution in [0.2, 0.25) is 5.15 Å². The minimum absolute atomic E-state index is 0.0463. The Hall–Kier alpha value is -3.90. The van der Waals surface area contributed by atoms with Gasteiger partial charge in [0.15, 0.2) is 5.15 Å². The Morgan fingerprint density at radius 2 is 1.78 bits per heavy atom. The highest BCUT2D eigenvalue weighted by molar-refractivity contribution is 6.31. The number of benzene rings is 2. The van der Waals surface area contributed by atoms with E-state index in [2.05, 4.69) is 16.4 Å². The monoisotopic (exact) mass is 442 g/mol. The highest BCUT2D eigenvalue weighted by atomic mass is 35.5. The van der Waals surface area contributed by atoms with E-state index >= 15 is 0 Å². The third kappa shape index (κ3) is 3.76. The van der Waals surface area contributed by atoms with Gasteiger partial charge >= 0.3 is 0 Å². The van der Waals surface area contributed by atoms with E-state index in [1.807, 2.05) is 47.0 Å². The molecule has 3 heterocycles. The third-order valence-corrected chi connectivity index (χ3v) is 5.72. The van der Waals surface area contributed by atoms with E-state index in [0.29, 0.717) is 34.3 Å². The Balaban J connectivity index is 1.27. The van der Waals surface area contributed by atoms with Crippen LogP contribution >= 0.6 is 11.6 Å². The van der Waals surface area contributed by atoms with E-state index in [1.54, 1.807) is 35.2 Å². The molecule has 0 fully saturated rings. The lowest BCUT2D eigenvalue weighted by Crippen LogP contribution is -2.28. The van der Waals surface area contributed by atoms with Crippen LogP contribution in [0.25, 0.3) is 11.7 Å². The Morgan fingerprint density at radius 1 is 1.00 bits per heavy atom. The molecule has 0 radical (unpaired) electrons. The highest BCUT2D eigenvalue weighted by Gasteiger charge is 2.24. The number of rotatable bonds is 4. The second kappa shape index (κ2) is 8.32. The summed E-state index contributed by atoms with van der Waals surface area (Å²) in [6, 6.07) is 20.4. The lowest BCUT2D eigenvalue weighted by atomic mass is 10.1. The number of para-hydroxylation sites is 1. The fraction of sp³-hybridized carbons (Fsp3) is 0.0800. The van der Waals surface area contributed by atoms with Crippen molar-refractivity contribution in [2.45, 2.75) is 6.42 Å². The van der Waals surface area contributed by atoms with Crippen LogP contribution in [0.3, 0.4) is 0 Å². The topological polar surface area (TPSA) is 66.7 Å². The standard InChI is InChI=1S/C25H19ClN4O2/c26-24-21(29-15-4-3-7-22(29)28-24)12-13-23(31)27-19-10-8-18(9-11-19)25(32)30-16-14-17-5-1-2-6-20(17)30/h1-13,15H,14,16H2,(H,27,31)/b13-12+. The average molecular weight is 443 g/mol. The summed E-state index contributed by atoms with van der Waals surface area (Å²) in [4.78, 5) is 31.4. The minimum atomic E-state index is -0.306. The van der Waals surface area contributed by atoms with Crippen LogP contribution in [0, 0.1) is 0 Å². The SMILES string of the molecule is O=C(/C=C/c1c(Cl)nc2ccccn12)Nc1ccc(C(=O)N2CCc3ccccc32)cc1. The number of carbonyl (C=O) groups is 2. The van der Waals surface area contributed by atoms with Crippen LogP contribution in [-0.4, -0.2) is 27.7 Å². The van der Waals surface area contributed by atoms with Crippen molar-refractivity contribution >= 4 is 46.5 Å². The first-order valence-electron chi connectivity index (χ1n) is 10.2. The zero-order valence-corrected chi connectivity index (χ0v) is 17.8. The number of pyridine rings is 1. The van der Waals surface area contributed by atoms with Crippen molar-refractivity contribution in [2.75, 3.05) is 16.8 Å². The molecular weight excluding hydrogens is 424 g/mol. The molecule has 1 aliphatic rings. The summed E-state index contributed by atoms with van der Waals surface area (Å²) < 4.78 is 1.81. The maximum atomic E-state index is 12.9. The van der Waals surface area contributed by atoms with Gasteiger partial charge in [-0.3, -0.25) is 14.0 Å². The zero-order chi connectivity index (χ0) is 22.1. The fourth-order valence-electron chi connectivity index (χ4n) is 3.87. The lowest BCUT2D eigenvalue weighted by Gasteiger charge is -2.17. The minimum Gasteiger partial charge on any atom is -0.323 e. The first kappa shape index (κ1) is 20.0. The molecule has 2 aromatic carbocycles. The van der Waals surface area contributed by atoms with Gasteiger partial charge in [-0.25, -0.2) is 4.98 Å². The summed E-state index contributed by atoms with van der Waals surface area (Å²) in [7, 11) is 0. The van der Waals surface area contributed by atoms with E-state index in [-0.39, 0.29) is 11.8 Å². The molecule has 2 amide bonds. The van der Waals surface area contributed by atoms with Crippen LogP contribution in [0.4, 0.5) is 11.4 Å². The first-order chi connectivity index (χ1) is 15.6. The quantitative estimate of drug-likeness (QED) is 0.460. The van der Waals surface area contributed by atoms with Crippen molar-refractivity contribution < 1.29 is 9.59 Å². The van der Waals surface area contributed by atoms with Crippen LogP contribution in [0.1, 0.15) is 21.6 Å². The van der Waals surface area contributed by atoms with Gasteiger partial charge < -0.3 is 10.2 Å². The molecule has 0 spiro atoms. The second-order valence-corrected chi connectivity index (χ2v) is 7.81. The Labute approximate surface area is 189 Å². The van der Waals surface area contributed by atoms with E-state index in [1.165, 1.54) is 11.6 Å². The van der Waals surface area contributed by atoms with Crippen LogP contribution in [-0.2, 0) is 11.2 Å². The lowest BCUT2D eigenvalue weighted by molar-refractivity contribution is -0.111. The van der Waals surface area contributed by atoms with Gasteiger partial charge in [0.2, 0.25) is 5.91 Å². The van der Waals surface area contributed by atoms with Crippen LogP contribution in [0.5, 0.6) is 0 Å². The Kier molecular flexibility index (Phi) is 5.21. The van der Waals surface area contributed by atoms with Gasteiger partial charge in [0.05, 0.1) is 5.69 Å². The maximum Gasteiger partial charge on any atom is 0.258 e. The summed E-state index contributed by atoms with van der Waals surface area (Å²) >= 11 is 6.19. The molecule has 2 aromatic heterocycles. The van der Waals surface area contributed by atoms with Gasteiger partial charge in [-0.2, -0.15) is 0 Å². The molecular formula is C25H19ClN4O2. The predicted molar refractivity (Wildman–Crippen MR) is 126 cm³/mol. The van der Waals surface area contributed by atoms with Gasteiger partial charge in [-0.1, -0.05) is 35.9 Å². The zero-order valence-electron chi connectivity index (χ0n) is 17.0. The molecule has 0 bridgehead atoms. The largest absolute Gasteiger partial charge is 0.323 e. The van der Waals surface area contributed by atoms with E-state index in [9.17, 15) is 9.59 Å². The van der Waals surface area contributed by atoms with E-state index in [4.69, 9.17) is 11.6 Å². The van der Waals surface area contributed by atoms with Crippen LogP contribution in [0.15, 0.2) is 79.0 Å². The molecule has 7 heteroatoms. The smallest absolute Gasteiger partial charge is 0.258 e. The number of fused-ring (bicyclic) bond motifs is 2. The van der Waals surface area contributed by atoms with Crippen molar-refractivity contribution in [1.29, 1.82) is 0 Å². The number of nitrogens with one attached hydrogen (secondary N) is 1. The second-order valence-electron chi connectivity index (χ2n) is 7.45. The molecule has 0 saturated heterocycles. The van der Waals surface area contributed by atoms with Gasteiger partial charge in [0, 0.05) is 35.8 Å².